The molecule has 1 heterocycles. The van der Waals surface area contributed by atoms with Crippen LogP contribution in [0.25, 0.3) is 0 Å². The average Bonchev–Trinajstić information content (AvgIpc) is 2.35. The van der Waals surface area contributed by atoms with Crippen molar-refractivity contribution in [2.75, 3.05) is 18.1 Å². The highest BCUT2D eigenvalue weighted by atomic mass is 32.2. The molecule has 0 spiro atoms. The van der Waals surface area contributed by atoms with Gasteiger partial charge in [0, 0.05) is 36.1 Å². The van der Waals surface area contributed by atoms with Gasteiger partial charge in [0.1, 0.15) is 0 Å². The first-order chi connectivity index (χ1) is 8.58. The van der Waals surface area contributed by atoms with Gasteiger partial charge in [-0.2, -0.15) is 11.8 Å². The molecule has 2 rings (SSSR count). The number of carbonyl (C=O) groups is 1. The first kappa shape index (κ1) is 13.6. The lowest BCUT2D eigenvalue weighted by Crippen LogP contribution is -2.38. The normalized spacial score (nSPS) is 19.8. The van der Waals surface area contributed by atoms with Crippen molar-refractivity contribution in [2.24, 2.45) is 0 Å². The van der Waals surface area contributed by atoms with Crippen LogP contribution in [0, 0.1) is 20.8 Å². The fourth-order valence-electron chi connectivity index (χ4n) is 2.35. The maximum atomic E-state index is 12.3. The molecule has 1 aromatic carbocycles. The zero-order valence-electron chi connectivity index (χ0n) is 11.4. The molecule has 0 saturated carbocycles. The Labute approximate surface area is 114 Å². The molecule has 0 aromatic heterocycles. The van der Waals surface area contributed by atoms with Gasteiger partial charge in [-0.05, 0) is 43.5 Å². The lowest BCUT2D eigenvalue weighted by atomic mass is 9.95. The Balaban J connectivity index is 2.10. The summed E-state index contributed by atoms with van der Waals surface area (Å²) >= 11 is 1.94. The Morgan fingerprint density at radius 1 is 1.28 bits per heavy atom. The molecular weight excluding hydrogens is 242 g/mol. The van der Waals surface area contributed by atoms with Crippen LogP contribution < -0.4 is 5.32 Å². The number of hydrogen-bond donors (Lipinski definition) is 1. The predicted molar refractivity (Wildman–Crippen MR) is 78.7 cm³/mol. The number of nitrogens with one attached hydrogen (secondary N) is 1. The molecule has 2 nitrogen and oxygen atoms in total. The van der Waals surface area contributed by atoms with Crippen LogP contribution in [0.5, 0.6) is 0 Å². The highest BCUT2D eigenvalue weighted by Crippen LogP contribution is 2.19. The van der Waals surface area contributed by atoms with E-state index < -0.39 is 0 Å². The minimum Gasteiger partial charge on any atom is -0.312 e. The smallest absolute Gasteiger partial charge is 0.164 e. The summed E-state index contributed by atoms with van der Waals surface area (Å²) in [4.78, 5) is 12.3. The largest absolute Gasteiger partial charge is 0.312 e. The van der Waals surface area contributed by atoms with Gasteiger partial charge >= 0.3 is 0 Å². The van der Waals surface area contributed by atoms with Gasteiger partial charge in [-0.3, -0.25) is 4.79 Å². The van der Waals surface area contributed by atoms with Crippen LogP contribution in [0.1, 0.15) is 33.5 Å². The van der Waals surface area contributed by atoms with Crippen molar-refractivity contribution >= 4 is 17.5 Å². The van der Waals surface area contributed by atoms with Gasteiger partial charge in [-0.25, -0.2) is 0 Å². The van der Waals surface area contributed by atoms with Gasteiger partial charge in [0.15, 0.2) is 5.78 Å². The molecule has 0 radical (unpaired) electrons. The SMILES string of the molecule is Cc1cc(C)c(C(=O)CC2CSCCN2)cc1C. The summed E-state index contributed by atoms with van der Waals surface area (Å²) in [5.74, 6) is 2.49. The molecule has 1 aliphatic rings. The Morgan fingerprint density at radius 2 is 2.00 bits per heavy atom. The lowest BCUT2D eigenvalue weighted by molar-refractivity contribution is 0.0971. The molecule has 1 N–H and O–H groups in total. The first-order valence-corrected chi connectivity index (χ1v) is 7.65. The van der Waals surface area contributed by atoms with Crippen LogP contribution in [0.3, 0.4) is 0 Å². The summed E-state index contributed by atoms with van der Waals surface area (Å²) in [6.07, 6.45) is 0.621. The summed E-state index contributed by atoms with van der Waals surface area (Å²) in [5, 5.41) is 3.42. The van der Waals surface area contributed by atoms with Crippen molar-refractivity contribution < 1.29 is 4.79 Å². The van der Waals surface area contributed by atoms with Gasteiger partial charge in [0.05, 0.1) is 0 Å². The standard InChI is InChI=1S/C15H21NOS/c1-10-6-12(3)14(7-11(10)2)15(17)8-13-9-18-5-4-16-13/h6-7,13,16H,4-5,8-9H2,1-3H3. The van der Waals surface area contributed by atoms with Crippen LogP contribution in [0.4, 0.5) is 0 Å². The molecule has 1 aromatic rings. The molecule has 0 aliphatic carbocycles. The lowest BCUT2D eigenvalue weighted by Gasteiger charge is -2.22. The molecule has 98 valence electrons. The Kier molecular flexibility index (Phi) is 4.46. The number of benzene rings is 1. The second-order valence-electron chi connectivity index (χ2n) is 5.10. The van der Waals surface area contributed by atoms with E-state index in [0.717, 1.165) is 29.2 Å². The average molecular weight is 263 g/mol. The Morgan fingerprint density at radius 3 is 2.67 bits per heavy atom. The monoisotopic (exact) mass is 263 g/mol. The number of Topliss-reactive ketones (excluding diaryl/α,β-unsaturated/α-hetero) is 1. The van der Waals surface area contributed by atoms with Gasteiger partial charge in [0.2, 0.25) is 0 Å². The van der Waals surface area contributed by atoms with E-state index in [0.29, 0.717) is 12.5 Å². The van der Waals surface area contributed by atoms with Crippen LogP contribution in [-0.2, 0) is 0 Å². The molecule has 18 heavy (non-hydrogen) atoms. The summed E-state index contributed by atoms with van der Waals surface area (Å²) in [7, 11) is 0. The third-order valence-electron chi connectivity index (χ3n) is 3.57. The fraction of sp³-hybridized carbons (Fsp3) is 0.533. The molecule has 1 fully saturated rings. The third-order valence-corrected chi connectivity index (χ3v) is 4.70. The van der Waals surface area contributed by atoms with Gasteiger partial charge in [-0.15, -0.1) is 0 Å². The maximum absolute atomic E-state index is 12.3. The van der Waals surface area contributed by atoms with Crippen molar-refractivity contribution in [1.29, 1.82) is 0 Å². The molecule has 1 saturated heterocycles. The van der Waals surface area contributed by atoms with Crippen LogP contribution in [-0.4, -0.2) is 29.9 Å². The number of thioether (sulfide) groups is 1. The summed E-state index contributed by atoms with van der Waals surface area (Å²) in [5.41, 5.74) is 4.47. The molecule has 3 heteroatoms. The van der Waals surface area contributed by atoms with Crippen molar-refractivity contribution in [3.8, 4) is 0 Å². The molecule has 0 amide bonds. The maximum Gasteiger partial charge on any atom is 0.164 e. The van der Waals surface area contributed by atoms with E-state index in [1.807, 2.05) is 24.8 Å². The molecular formula is C15H21NOS. The quantitative estimate of drug-likeness (QED) is 0.850. The van der Waals surface area contributed by atoms with E-state index in [9.17, 15) is 4.79 Å². The second kappa shape index (κ2) is 5.89. The topological polar surface area (TPSA) is 29.1 Å². The number of hydrogen-bond acceptors (Lipinski definition) is 3. The minimum atomic E-state index is 0.274. The van der Waals surface area contributed by atoms with E-state index in [-0.39, 0.29) is 5.78 Å². The van der Waals surface area contributed by atoms with Gasteiger partial charge < -0.3 is 5.32 Å². The zero-order valence-corrected chi connectivity index (χ0v) is 12.2. The predicted octanol–water partition coefficient (Wildman–Crippen LogP) is 2.89. The fourth-order valence-corrected chi connectivity index (χ4v) is 3.29. The highest BCUT2D eigenvalue weighted by molar-refractivity contribution is 7.99. The van der Waals surface area contributed by atoms with E-state index >= 15 is 0 Å². The van der Waals surface area contributed by atoms with Gasteiger partial charge in [-0.1, -0.05) is 6.07 Å². The van der Waals surface area contributed by atoms with Crippen LogP contribution in [0.2, 0.25) is 0 Å². The second-order valence-corrected chi connectivity index (χ2v) is 6.25. The highest BCUT2D eigenvalue weighted by Gasteiger charge is 2.19. The number of carbonyl (C=O) groups excluding carboxylic acids is 1. The van der Waals surface area contributed by atoms with E-state index in [2.05, 4.69) is 25.2 Å². The van der Waals surface area contributed by atoms with E-state index in [1.165, 1.54) is 11.1 Å². The van der Waals surface area contributed by atoms with Gasteiger partial charge in [0.25, 0.3) is 0 Å². The number of aryl methyl sites for hydroxylation is 3. The number of ketones is 1. The molecule has 1 aliphatic heterocycles. The summed E-state index contributed by atoms with van der Waals surface area (Å²) in [6.45, 7) is 7.22. The molecule has 0 bridgehead atoms. The Bertz CT molecular complexity index is 450. The molecule has 1 unspecified atom stereocenters. The van der Waals surface area contributed by atoms with E-state index in [4.69, 9.17) is 0 Å². The number of rotatable bonds is 3. The summed E-state index contributed by atoms with van der Waals surface area (Å²) in [6, 6.07) is 4.51. The molecule has 1 atom stereocenters. The van der Waals surface area contributed by atoms with E-state index in [1.54, 1.807) is 0 Å². The van der Waals surface area contributed by atoms with Crippen molar-refractivity contribution in [3.63, 3.8) is 0 Å². The van der Waals surface area contributed by atoms with Crippen molar-refractivity contribution in [3.05, 3.63) is 34.4 Å². The van der Waals surface area contributed by atoms with Crippen molar-refractivity contribution in [1.82, 2.24) is 5.32 Å². The van der Waals surface area contributed by atoms with Crippen LogP contribution in [0.15, 0.2) is 12.1 Å². The minimum absolute atomic E-state index is 0.274. The van der Waals surface area contributed by atoms with Crippen LogP contribution >= 0.6 is 11.8 Å². The Hall–Kier alpha value is -0.800. The third kappa shape index (κ3) is 3.15. The summed E-state index contributed by atoms with van der Waals surface area (Å²) < 4.78 is 0. The zero-order chi connectivity index (χ0) is 13.1. The van der Waals surface area contributed by atoms with Crippen molar-refractivity contribution in [2.45, 2.75) is 33.2 Å². The first-order valence-electron chi connectivity index (χ1n) is 6.50.